The van der Waals surface area contributed by atoms with Gasteiger partial charge in [-0.15, -0.1) is 0 Å². The third kappa shape index (κ3) is 1.73. The highest BCUT2D eigenvalue weighted by Crippen LogP contribution is 2.13. The van der Waals surface area contributed by atoms with E-state index in [0.29, 0.717) is 5.69 Å². The first-order chi connectivity index (χ1) is 7.09. The van der Waals surface area contributed by atoms with Crippen molar-refractivity contribution in [3.8, 4) is 0 Å². The number of amides is 1. The fraction of sp³-hybridized carbons (Fsp3) is 0.556. The van der Waals surface area contributed by atoms with Gasteiger partial charge in [-0.2, -0.15) is 0 Å². The molecule has 1 fully saturated rings. The fourth-order valence-electron chi connectivity index (χ4n) is 1.66. The summed E-state index contributed by atoms with van der Waals surface area (Å²) >= 11 is 0. The molecule has 0 aromatic carbocycles. The minimum Gasteiger partial charge on any atom is -0.388 e. The molecule has 1 saturated heterocycles. The van der Waals surface area contributed by atoms with Gasteiger partial charge in [0.15, 0.2) is 0 Å². The average molecular weight is 211 g/mol. The minimum absolute atomic E-state index is 0.172. The Labute approximate surface area is 86.8 Å². The maximum absolute atomic E-state index is 11.9. The van der Waals surface area contributed by atoms with E-state index in [1.165, 1.54) is 17.4 Å². The second-order valence-corrected chi connectivity index (χ2v) is 3.73. The van der Waals surface area contributed by atoms with Gasteiger partial charge in [-0.3, -0.25) is 4.79 Å². The van der Waals surface area contributed by atoms with Crippen LogP contribution >= 0.6 is 0 Å². The summed E-state index contributed by atoms with van der Waals surface area (Å²) in [6, 6.07) is 0. The van der Waals surface area contributed by atoms with Gasteiger partial charge < -0.3 is 19.7 Å². The molecule has 2 N–H and O–H groups in total. The minimum atomic E-state index is -0.845. The lowest BCUT2D eigenvalue weighted by Crippen LogP contribution is -2.31. The Bertz CT molecular complexity index is 366. The predicted molar refractivity (Wildman–Crippen MR) is 51.1 cm³/mol. The molecule has 6 heteroatoms. The van der Waals surface area contributed by atoms with Gasteiger partial charge in [-0.25, -0.2) is 4.98 Å². The number of carbonyl (C=O) groups is 1. The van der Waals surface area contributed by atoms with Crippen LogP contribution in [0.5, 0.6) is 0 Å². The van der Waals surface area contributed by atoms with Crippen molar-refractivity contribution in [2.75, 3.05) is 13.1 Å². The maximum atomic E-state index is 11.9. The first-order valence-electron chi connectivity index (χ1n) is 4.71. The van der Waals surface area contributed by atoms with Crippen molar-refractivity contribution in [2.24, 2.45) is 7.05 Å². The van der Waals surface area contributed by atoms with E-state index in [2.05, 4.69) is 4.98 Å². The van der Waals surface area contributed by atoms with Gasteiger partial charge in [-0.1, -0.05) is 0 Å². The molecule has 1 aliphatic rings. The molecule has 1 aromatic heterocycles. The van der Waals surface area contributed by atoms with E-state index in [9.17, 15) is 15.0 Å². The Morgan fingerprint density at radius 3 is 2.53 bits per heavy atom. The monoisotopic (exact) mass is 211 g/mol. The number of aliphatic hydroxyl groups excluding tert-OH is 2. The number of β-amino-alcohol motifs (C(OH)–C–C–N with tert-alkyl or cyclic N) is 2. The summed E-state index contributed by atoms with van der Waals surface area (Å²) < 4.78 is 1.61. The normalized spacial score (nSPS) is 25.9. The van der Waals surface area contributed by atoms with Crippen LogP contribution in [-0.2, 0) is 7.05 Å². The SMILES string of the molecule is Cn1cncc1C(=O)N1C[C@@H](O)[C@@H](O)C1. The van der Waals surface area contributed by atoms with Crippen molar-refractivity contribution >= 4 is 5.91 Å². The molecule has 0 bridgehead atoms. The molecule has 0 saturated carbocycles. The number of hydrogen-bond donors (Lipinski definition) is 2. The summed E-state index contributed by atoms with van der Waals surface area (Å²) in [5.74, 6) is -0.217. The van der Waals surface area contributed by atoms with Crippen molar-refractivity contribution < 1.29 is 15.0 Å². The fourth-order valence-corrected chi connectivity index (χ4v) is 1.66. The average Bonchev–Trinajstić information content (AvgIpc) is 2.74. The van der Waals surface area contributed by atoms with Crippen LogP contribution in [0.2, 0.25) is 0 Å². The highest BCUT2D eigenvalue weighted by atomic mass is 16.3. The van der Waals surface area contributed by atoms with Gasteiger partial charge in [-0.05, 0) is 0 Å². The number of aromatic nitrogens is 2. The lowest BCUT2D eigenvalue weighted by atomic mass is 10.3. The van der Waals surface area contributed by atoms with Gasteiger partial charge >= 0.3 is 0 Å². The van der Waals surface area contributed by atoms with E-state index in [4.69, 9.17) is 0 Å². The number of rotatable bonds is 1. The molecular weight excluding hydrogens is 198 g/mol. The number of aliphatic hydroxyl groups is 2. The van der Waals surface area contributed by atoms with Crippen LogP contribution < -0.4 is 0 Å². The largest absolute Gasteiger partial charge is 0.388 e. The second-order valence-electron chi connectivity index (χ2n) is 3.73. The van der Waals surface area contributed by atoms with Crippen LogP contribution in [0.25, 0.3) is 0 Å². The lowest BCUT2D eigenvalue weighted by Gasteiger charge is -2.14. The maximum Gasteiger partial charge on any atom is 0.272 e. The summed E-state index contributed by atoms with van der Waals surface area (Å²) in [5, 5.41) is 18.6. The van der Waals surface area contributed by atoms with Gasteiger partial charge in [0, 0.05) is 20.1 Å². The van der Waals surface area contributed by atoms with Crippen molar-refractivity contribution in [3.63, 3.8) is 0 Å². The first-order valence-corrected chi connectivity index (χ1v) is 4.71. The predicted octanol–water partition coefficient (Wildman–Crippen LogP) is -1.40. The number of aryl methyl sites for hydroxylation is 1. The smallest absolute Gasteiger partial charge is 0.272 e. The van der Waals surface area contributed by atoms with Crippen LogP contribution in [0.1, 0.15) is 10.5 Å². The third-order valence-corrected chi connectivity index (χ3v) is 2.58. The third-order valence-electron chi connectivity index (χ3n) is 2.58. The molecule has 1 amide bonds. The highest BCUT2D eigenvalue weighted by Gasteiger charge is 2.33. The topological polar surface area (TPSA) is 78.6 Å². The lowest BCUT2D eigenvalue weighted by molar-refractivity contribution is 0.0572. The van der Waals surface area contributed by atoms with E-state index in [-0.39, 0.29) is 19.0 Å². The van der Waals surface area contributed by atoms with Crippen LogP contribution in [0.3, 0.4) is 0 Å². The summed E-state index contributed by atoms with van der Waals surface area (Å²) in [6.07, 6.45) is 1.32. The van der Waals surface area contributed by atoms with Gasteiger partial charge in [0.2, 0.25) is 0 Å². The van der Waals surface area contributed by atoms with Crippen molar-refractivity contribution in [2.45, 2.75) is 12.2 Å². The van der Waals surface area contributed by atoms with Gasteiger partial charge in [0.05, 0.1) is 24.7 Å². The molecule has 0 aliphatic carbocycles. The van der Waals surface area contributed by atoms with Crippen LogP contribution in [0.4, 0.5) is 0 Å². The molecular formula is C9H13N3O3. The molecule has 0 unspecified atom stereocenters. The molecule has 1 aliphatic heterocycles. The number of nitrogens with zero attached hydrogens (tertiary/aromatic N) is 3. The van der Waals surface area contributed by atoms with Crippen LogP contribution in [0, 0.1) is 0 Å². The van der Waals surface area contributed by atoms with Gasteiger partial charge in [0.1, 0.15) is 5.69 Å². The molecule has 15 heavy (non-hydrogen) atoms. The van der Waals surface area contributed by atoms with Gasteiger partial charge in [0.25, 0.3) is 5.91 Å². The zero-order chi connectivity index (χ0) is 11.0. The van der Waals surface area contributed by atoms with Crippen molar-refractivity contribution in [3.05, 3.63) is 18.2 Å². The number of imidazole rings is 1. The van der Waals surface area contributed by atoms with E-state index in [1.54, 1.807) is 11.6 Å². The number of hydrogen-bond acceptors (Lipinski definition) is 4. The zero-order valence-corrected chi connectivity index (χ0v) is 8.37. The molecule has 2 heterocycles. The molecule has 82 valence electrons. The Balaban J connectivity index is 2.13. The Hall–Kier alpha value is -1.40. The van der Waals surface area contributed by atoms with E-state index in [0.717, 1.165) is 0 Å². The summed E-state index contributed by atoms with van der Waals surface area (Å²) in [4.78, 5) is 17.1. The molecule has 6 nitrogen and oxygen atoms in total. The summed E-state index contributed by atoms with van der Waals surface area (Å²) in [6.45, 7) is 0.344. The molecule has 2 atom stereocenters. The zero-order valence-electron chi connectivity index (χ0n) is 8.37. The highest BCUT2D eigenvalue weighted by molar-refractivity contribution is 5.92. The summed E-state index contributed by atoms with van der Waals surface area (Å²) in [5.41, 5.74) is 0.455. The van der Waals surface area contributed by atoms with Crippen molar-refractivity contribution in [1.29, 1.82) is 0 Å². The molecule has 1 aromatic rings. The molecule has 0 radical (unpaired) electrons. The summed E-state index contributed by atoms with van der Waals surface area (Å²) in [7, 11) is 1.73. The Morgan fingerprint density at radius 1 is 1.47 bits per heavy atom. The first kappa shape index (κ1) is 10.1. The number of likely N-dealkylation sites (tertiary alicyclic amines) is 1. The van der Waals surface area contributed by atoms with E-state index in [1.807, 2.05) is 0 Å². The quantitative estimate of drug-likeness (QED) is 0.598. The van der Waals surface area contributed by atoms with Crippen LogP contribution in [0.15, 0.2) is 12.5 Å². The standard InChI is InChI=1S/C9H13N3O3/c1-11-5-10-2-6(11)9(15)12-3-7(13)8(14)4-12/h2,5,7-8,13-14H,3-4H2,1H3/t7-,8+. The number of carbonyl (C=O) groups excluding carboxylic acids is 1. The van der Waals surface area contributed by atoms with E-state index < -0.39 is 12.2 Å². The van der Waals surface area contributed by atoms with E-state index >= 15 is 0 Å². The Kier molecular flexibility index (Phi) is 2.45. The Morgan fingerprint density at radius 2 is 2.07 bits per heavy atom. The van der Waals surface area contributed by atoms with Crippen LogP contribution in [-0.4, -0.2) is 55.9 Å². The van der Waals surface area contributed by atoms with Crippen molar-refractivity contribution in [1.82, 2.24) is 14.5 Å². The molecule has 2 rings (SSSR count). The second kappa shape index (κ2) is 3.63. The molecule has 0 spiro atoms.